The van der Waals surface area contributed by atoms with Crippen molar-refractivity contribution in [2.45, 2.75) is 31.8 Å². The van der Waals surface area contributed by atoms with Crippen molar-refractivity contribution in [3.8, 4) is 0 Å². The average molecular weight is 244 g/mol. The van der Waals surface area contributed by atoms with Gasteiger partial charge in [-0.25, -0.2) is 0 Å². The van der Waals surface area contributed by atoms with Crippen LogP contribution >= 0.6 is 23.2 Å². The lowest BCUT2D eigenvalue weighted by Gasteiger charge is -2.25. The van der Waals surface area contributed by atoms with Crippen LogP contribution in [0, 0.1) is 5.92 Å². The molecule has 0 unspecified atom stereocenters. The third-order valence-electron chi connectivity index (χ3n) is 2.83. The Morgan fingerprint density at radius 2 is 1.53 bits per heavy atom. The first kappa shape index (κ1) is 11.3. The van der Waals surface area contributed by atoms with Crippen LogP contribution in [0.5, 0.6) is 0 Å². The van der Waals surface area contributed by atoms with E-state index >= 15 is 0 Å². The van der Waals surface area contributed by atoms with Gasteiger partial charge >= 0.3 is 0 Å². The Kier molecular flexibility index (Phi) is 3.55. The molecule has 0 atom stereocenters. The molecule has 0 heterocycles. The van der Waals surface area contributed by atoms with Crippen LogP contribution < -0.4 is 0 Å². The van der Waals surface area contributed by atoms with E-state index in [1.807, 2.05) is 12.1 Å². The monoisotopic (exact) mass is 243 g/mol. The second-order valence-electron chi connectivity index (χ2n) is 3.99. The molecule has 1 aromatic carbocycles. The molecule has 0 aliphatic heterocycles. The summed E-state index contributed by atoms with van der Waals surface area (Å²) in [6.45, 7) is 0. The molecule has 0 aromatic heterocycles. The third kappa shape index (κ3) is 2.87. The lowest BCUT2D eigenvalue weighted by atomic mass is 9.83. The number of halogens is 2. The second kappa shape index (κ2) is 4.73. The summed E-state index contributed by atoms with van der Waals surface area (Å²) in [6, 6.07) is 5.63. The lowest BCUT2D eigenvalue weighted by molar-refractivity contribution is 0.138. The summed E-state index contributed by atoms with van der Waals surface area (Å²) in [5.74, 6) is 1.35. The first-order valence-corrected chi connectivity index (χ1v) is 5.90. The van der Waals surface area contributed by atoms with Gasteiger partial charge in [0.15, 0.2) is 0 Å². The molecule has 0 spiro atoms. The molecule has 81 valence electrons. The number of hydrogen-bond acceptors (Lipinski definition) is 1. The van der Waals surface area contributed by atoms with E-state index in [0.29, 0.717) is 10.0 Å². The molecule has 1 nitrogen and oxygen atoms in total. The van der Waals surface area contributed by atoms with Gasteiger partial charge in [-0.05, 0) is 49.4 Å². The molecule has 0 amide bonds. The van der Waals surface area contributed by atoms with E-state index in [1.165, 1.54) is 5.92 Å². The first-order valence-electron chi connectivity index (χ1n) is 5.14. The Morgan fingerprint density at radius 3 is 2.07 bits per heavy atom. The van der Waals surface area contributed by atoms with E-state index in [2.05, 4.69) is 0 Å². The Hall–Kier alpha value is -0.240. The molecule has 0 saturated heterocycles. The fraction of sp³-hybridized carbons (Fsp3) is 0.417. The molecular weight excluding hydrogens is 231 g/mol. The van der Waals surface area contributed by atoms with E-state index < -0.39 is 0 Å². The lowest BCUT2D eigenvalue weighted by Crippen LogP contribution is -2.17. The normalized spacial score (nSPS) is 19.4. The van der Waals surface area contributed by atoms with Gasteiger partial charge < -0.3 is 5.11 Å². The zero-order valence-corrected chi connectivity index (χ0v) is 9.85. The SMILES string of the molecule is OC1CC[C](c2cc(Cl)cc(Cl)c2)CC1. The summed E-state index contributed by atoms with van der Waals surface area (Å²) in [5.41, 5.74) is 1.12. The van der Waals surface area contributed by atoms with Gasteiger partial charge in [-0.2, -0.15) is 0 Å². The highest BCUT2D eigenvalue weighted by atomic mass is 35.5. The summed E-state index contributed by atoms with van der Waals surface area (Å²) < 4.78 is 0. The Labute approximate surface area is 100 Å². The maximum atomic E-state index is 9.42. The minimum absolute atomic E-state index is 0.136. The number of hydrogen-bond donors (Lipinski definition) is 1. The van der Waals surface area contributed by atoms with E-state index in [-0.39, 0.29) is 6.10 Å². The summed E-state index contributed by atoms with van der Waals surface area (Å²) in [6.07, 6.45) is 3.44. The van der Waals surface area contributed by atoms with Crippen molar-refractivity contribution in [2.24, 2.45) is 0 Å². The average Bonchev–Trinajstić information content (AvgIpc) is 2.17. The van der Waals surface area contributed by atoms with E-state index in [1.54, 1.807) is 6.07 Å². The highest BCUT2D eigenvalue weighted by Gasteiger charge is 2.21. The van der Waals surface area contributed by atoms with Crippen LogP contribution in [-0.4, -0.2) is 11.2 Å². The van der Waals surface area contributed by atoms with Gasteiger partial charge in [-0.3, -0.25) is 0 Å². The van der Waals surface area contributed by atoms with Crippen LogP contribution in [0.2, 0.25) is 10.0 Å². The quantitative estimate of drug-likeness (QED) is 0.795. The van der Waals surface area contributed by atoms with Crippen LogP contribution in [-0.2, 0) is 0 Å². The van der Waals surface area contributed by atoms with E-state index in [9.17, 15) is 5.11 Å². The Bertz CT molecular complexity index is 323. The molecular formula is C12H13Cl2O. The van der Waals surface area contributed by atoms with Crippen molar-refractivity contribution < 1.29 is 5.11 Å². The van der Waals surface area contributed by atoms with Crippen LogP contribution in [0.25, 0.3) is 0 Å². The predicted molar refractivity (Wildman–Crippen MR) is 63.3 cm³/mol. The van der Waals surface area contributed by atoms with Gasteiger partial charge in [-0.1, -0.05) is 23.2 Å². The number of benzene rings is 1. The van der Waals surface area contributed by atoms with Gasteiger partial charge in [0.2, 0.25) is 0 Å². The fourth-order valence-corrected chi connectivity index (χ4v) is 2.52. The van der Waals surface area contributed by atoms with Gasteiger partial charge in [0.25, 0.3) is 0 Å². The molecule has 15 heavy (non-hydrogen) atoms. The second-order valence-corrected chi connectivity index (χ2v) is 4.87. The Morgan fingerprint density at radius 1 is 1.00 bits per heavy atom. The van der Waals surface area contributed by atoms with Crippen LogP contribution in [0.15, 0.2) is 18.2 Å². The summed E-state index contributed by atoms with van der Waals surface area (Å²) in [4.78, 5) is 0. The zero-order chi connectivity index (χ0) is 10.8. The predicted octanol–water partition coefficient (Wildman–Crippen LogP) is 3.85. The van der Waals surface area contributed by atoms with Gasteiger partial charge in [0, 0.05) is 16.0 Å². The Balaban J connectivity index is 2.15. The molecule has 1 aromatic rings. The van der Waals surface area contributed by atoms with Crippen molar-refractivity contribution in [2.75, 3.05) is 0 Å². The summed E-state index contributed by atoms with van der Waals surface area (Å²) in [5, 5.41) is 10.8. The zero-order valence-electron chi connectivity index (χ0n) is 8.34. The minimum atomic E-state index is -0.136. The first-order chi connectivity index (χ1) is 7.15. The largest absolute Gasteiger partial charge is 0.393 e. The van der Waals surface area contributed by atoms with Gasteiger partial charge in [-0.15, -0.1) is 0 Å². The smallest absolute Gasteiger partial charge is 0.0540 e. The third-order valence-corrected chi connectivity index (χ3v) is 3.27. The summed E-state index contributed by atoms with van der Waals surface area (Å²) in [7, 11) is 0. The van der Waals surface area contributed by atoms with Crippen LogP contribution in [0.4, 0.5) is 0 Å². The maximum absolute atomic E-state index is 9.42. The molecule has 3 heteroatoms. The number of rotatable bonds is 1. The van der Waals surface area contributed by atoms with Crippen molar-refractivity contribution in [1.29, 1.82) is 0 Å². The van der Waals surface area contributed by atoms with Gasteiger partial charge in [0.05, 0.1) is 6.10 Å². The topological polar surface area (TPSA) is 20.2 Å². The van der Waals surface area contributed by atoms with E-state index in [0.717, 1.165) is 31.2 Å². The molecule has 1 fully saturated rings. The minimum Gasteiger partial charge on any atom is -0.393 e. The molecule has 0 bridgehead atoms. The molecule has 1 N–H and O–H groups in total. The number of aliphatic hydroxyl groups excluding tert-OH is 1. The summed E-state index contributed by atoms with van der Waals surface area (Å²) >= 11 is 11.9. The molecule has 1 aliphatic rings. The van der Waals surface area contributed by atoms with E-state index in [4.69, 9.17) is 23.2 Å². The molecule has 1 aliphatic carbocycles. The van der Waals surface area contributed by atoms with Gasteiger partial charge in [0.1, 0.15) is 0 Å². The van der Waals surface area contributed by atoms with Crippen molar-refractivity contribution >= 4 is 23.2 Å². The number of aliphatic hydroxyl groups is 1. The van der Waals surface area contributed by atoms with Crippen molar-refractivity contribution in [3.05, 3.63) is 39.7 Å². The highest BCUT2D eigenvalue weighted by Crippen LogP contribution is 2.34. The van der Waals surface area contributed by atoms with Crippen molar-refractivity contribution in [3.63, 3.8) is 0 Å². The fourth-order valence-electron chi connectivity index (χ4n) is 2.00. The highest BCUT2D eigenvalue weighted by molar-refractivity contribution is 6.34. The van der Waals surface area contributed by atoms with Crippen LogP contribution in [0.3, 0.4) is 0 Å². The molecule has 1 radical (unpaired) electrons. The van der Waals surface area contributed by atoms with Crippen molar-refractivity contribution in [1.82, 2.24) is 0 Å². The van der Waals surface area contributed by atoms with Crippen LogP contribution in [0.1, 0.15) is 31.2 Å². The molecule has 2 rings (SSSR count). The standard InChI is InChI=1S/C12H13Cl2O/c13-10-5-9(6-11(14)7-10)8-1-3-12(15)4-2-8/h5-7,12,15H,1-4H2. The maximum Gasteiger partial charge on any atom is 0.0540 e. The molecule has 1 saturated carbocycles.